The van der Waals surface area contributed by atoms with E-state index in [1.54, 1.807) is 45.0 Å². The number of hydrogen-bond donors (Lipinski definition) is 1. The van der Waals surface area contributed by atoms with Gasteiger partial charge in [0, 0.05) is 16.6 Å². The molecule has 0 radical (unpaired) electrons. The van der Waals surface area contributed by atoms with E-state index in [-0.39, 0.29) is 0 Å². The highest BCUT2D eigenvalue weighted by molar-refractivity contribution is 9.10. The first-order valence-corrected chi connectivity index (χ1v) is 10.1. The summed E-state index contributed by atoms with van der Waals surface area (Å²) in [5.74, 6) is -0.648. The third kappa shape index (κ3) is 3.80. The van der Waals surface area contributed by atoms with E-state index in [9.17, 15) is 18.0 Å². The summed E-state index contributed by atoms with van der Waals surface area (Å²) >= 11 is 3.31. The minimum atomic E-state index is -3.56. The highest BCUT2D eigenvalue weighted by atomic mass is 79.9. The highest BCUT2D eigenvalue weighted by Gasteiger charge is 2.71. The molecule has 1 aliphatic rings. The predicted octanol–water partition coefficient (Wildman–Crippen LogP) is 2.42. The van der Waals surface area contributed by atoms with Gasteiger partial charge in [-0.3, -0.25) is 0 Å². The van der Waals surface area contributed by atoms with Crippen LogP contribution in [-0.4, -0.2) is 43.4 Å². The van der Waals surface area contributed by atoms with Crippen LogP contribution in [0.5, 0.6) is 0 Å². The van der Waals surface area contributed by atoms with Gasteiger partial charge >= 0.3 is 6.09 Å². The van der Waals surface area contributed by atoms with E-state index in [2.05, 4.69) is 21.2 Å². The van der Waals surface area contributed by atoms with Crippen LogP contribution in [0.2, 0.25) is 0 Å². The minimum absolute atomic E-state index is 0.495. The van der Waals surface area contributed by atoms with Gasteiger partial charge in [0.2, 0.25) is 0 Å². The maximum absolute atomic E-state index is 12.1. The fourth-order valence-corrected chi connectivity index (χ4v) is 4.93. The molecule has 1 N–H and O–H groups in total. The molecule has 2 rings (SSSR count). The summed E-state index contributed by atoms with van der Waals surface area (Å²) in [6.45, 7) is 5.06. The molecule has 0 aromatic heterocycles. The van der Waals surface area contributed by atoms with Gasteiger partial charge in [-0.25, -0.2) is 13.2 Å². The Morgan fingerprint density at radius 1 is 1.29 bits per heavy atom. The number of ether oxygens (including phenoxy) is 1. The zero-order valence-corrected chi connectivity index (χ0v) is 16.3. The summed E-state index contributed by atoms with van der Waals surface area (Å²) in [5, 5.41) is 1.46. The van der Waals surface area contributed by atoms with Crippen LogP contribution in [0, 0.1) is 0 Å². The number of alkyl carbamates (subject to hydrolysis) is 1. The van der Waals surface area contributed by atoms with Gasteiger partial charge in [0.15, 0.2) is 9.84 Å². The number of aldehydes is 1. The number of halogens is 1. The lowest BCUT2D eigenvalue weighted by Crippen LogP contribution is -2.45. The lowest BCUT2D eigenvalue weighted by atomic mass is 10.1. The molecular weight excluding hydrogens is 398 g/mol. The molecule has 1 fully saturated rings. The number of carbonyl (C=O) groups excluding carboxylic acids is 2. The first-order valence-electron chi connectivity index (χ1n) is 7.32. The maximum Gasteiger partial charge on any atom is 0.408 e. The summed E-state index contributed by atoms with van der Waals surface area (Å²) in [6.07, 6.45) is 0.740. The Bertz CT molecular complexity index is 754. The van der Waals surface area contributed by atoms with Crippen LogP contribution in [0.25, 0.3) is 0 Å². The molecule has 0 aliphatic heterocycles. The molecule has 1 aromatic rings. The Morgan fingerprint density at radius 3 is 2.25 bits per heavy atom. The molecule has 0 spiro atoms. The van der Waals surface area contributed by atoms with Crippen molar-refractivity contribution in [1.29, 1.82) is 0 Å². The van der Waals surface area contributed by atoms with E-state index in [0.29, 0.717) is 11.8 Å². The topological polar surface area (TPSA) is 89.5 Å². The zero-order valence-electron chi connectivity index (χ0n) is 13.9. The fourth-order valence-electron chi connectivity index (χ4n) is 2.90. The quantitative estimate of drug-likeness (QED) is 0.759. The maximum atomic E-state index is 12.1. The van der Waals surface area contributed by atoms with Crippen LogP contribution in [0.15, 0.2) is 28.7 Å². The Labute approximate surface area is 150 Å². The standard InChI is InChI=1S/C16H20BrNO5S/c1-15(2,3)23-14(20)18-16(9-19)12(13(16)24(4,21)22)10-5-7-11(17)8-6-10/h5-9,12-13H,1-4H3,(H,18,20)/t12-,13+,16+/m1/s1. The molecular formula is C16H20BrNO5S. The van der Waals surface area contributed by atoms with E-state index in [1.807, 2.05) is 0 Å². The largest absolute Gasteiger partial charge is 0.444 e. The smallest absolute Gasteiger partial charge is 0.408 e. The van der Waals surface area contributed by atoms with Gasteiger partial charge < -0.3 is 14.8 Å². The van der Waals surface area contributed by atoms with Crippen molar-refractivity contribution in [3.8, 4) is 0 Å². The Hall–Kier alpha value is -1.41. The van der Waals surface area contributed by atoms with Crippen LogP contribution in [0.3, 0.4) is 0 Å². The van der Waals surface area contributed by atoms with Gasteiger partial charge in [0.1, 0.15) is 22.7 Å². The van der Waals surface area contributed by atoms with Crippen LogP contribution in [0.4, 0.5) is 4.79 Å². The van der Waals surface area contributed by atoms with E-state index in [4.69, 9.17) is 4.74 Å². The number of hydrogen-bond acceptors (Lipinski definition) is 5. The van der Waals surface area contributed by atoms with Crippen molar-refractivity contribution in [2.24, 2.45) is 0 Å². The number of rotatable bonds is 4. The third-order valence-electron chi connectivity index (χ3n) is 3.78. The van der Waals surface area contributed by atoms with Gasteiger partial charge in [-0.2, -0.15) is 0 Å². The lowest BCUT2D eigenvalue weighted by molar-refractivity contribution is -0.110. The second kappa shape index (κ2) is 6.15. The van der Waals surface area contributed by atoms with Gasteiger partial charge in [0.05, 0.1) is 0 Å². The minimum Gasteiger partial charge on any atom is -0.444 e. The lowest BCUT2D eigenvalue weighted by Gasteiger charge is -2.22. The molecule has 1 aromatic carbocycles. The van der Waals surface area contributed by atoms with Crippen molar-refractivity contribution in [1.82, 2.24) is 5.32 Å². The monoisotopic (exact) mass is 417 g/mol. The van der Waals surface area contributed by atoms with Gasteiger partial charge in [-0.15, -0.1) is 0 Å². The van der Waals surface area contributed by atoms with Crippen LogP contribution in [0.1, 0.15) is 32.3 Å². The van der Waals surface area contributed by atoms with Crippen molar-refractivity contribution < 1.29 is 22.7 Å². The number of benzene rings is 1. The molecule has 0 unspecified atom stereocenters. The molecule has 1 aliphatic carbocycles. The third-order valence-corrected chi connectivity index (χ3v) is 5.90. The van der Waals surface area contributed by atoms with E-state index >= 15 is 0 Å². The molecule has 1 saturated carbocycles. The van der Waals surface area contributed by atoms with Gasteiger partial charge in [-0.1, -0.05) is 28.1 Å². The molecule has 0 bridgehead atoms. The van der Waals surface area contributed by atoms with Gasteiger partial charge in [-0.05, 0) is 38.5 Å². The zero-order chi connectivity index (χ0) is 18.3. The average molecular weight is 418 g/mol. The predicted molar refractivity (Wildman–Crippen MR) is 93.7 cm³/mol. The highest BCUT2D eigenvalue weighted by Crippen LogP contribution is 2.54. The number of sulfone groups is 1. The molecule has 24 heavy (non-hydrogen) atoms. The molecule has 8 heteroatoms. The molecule has 3 atom stereocenters. The molecule has 0 heterocycles. The van der Waals surface area contributed by atoms with E-state index in [0.717, 1.165) is 10.7 Å². The van der Waals surface area contributed by atoms with Gasteiger partial charge in [0.25, 0.3) is 0 Å². The first kappa shape index (κ1) is 18.9. The fraction of sp³-hybridized carbons (Fsp3) is 0.500. The first-order chi connectivity index (χ1) is 10.9. The second-order valence-electron chi connectivity index (χ2n) is 6.96. The van der Waals surface area contributed by atoms with Crippen molar-refractivity contribution in [3.05, 3.63) is 34.3 Å². The van der Waals surface area contributed by atoms with Crippen molar-refractivity contribution in [2.45, 2.75) is 43.1 Å². The number of nitrogens with one attached hydrogen (secondary N) is 1. The molecule has 6 nitrogen and oxygen atoms in total. The van der Waals surface area contributed by atoms with E-state index < -0.39 is 38.2 Å². The van der Waals surface area contributed by atoms with Crippen molar-refractivity contribution >= 4 is 38.1 Å². The molecule has 0 saturated heterocycles. The van der Waals surface area contributed by atoms with Crippen LogP contribution < -0.4 is 5.32 Å². The molecule has 132 valence electrons. The van der Waals surface area contributed by atoms with Crippen molar-refractivity contribution in [3.63, 3.8) is 0 Å². The van der Waals surface area contributed by atoms with Crippen LogP contribution in [-0.2, 0) is 19.4 Å². The second-order valence-corrected chi connectivity index (χ2v) is 10.0. The summed E-state index contributed by atoms with van der Waals surface area (Å²) in [4.78, 5) is 23.8. The summed E-state index contributed by atoms with van der Waals surface area (Å²) in [5.41, 5.74) is -1.60. The van der Waals surface area contributed by atoms with E-state index in [1.165, 1.54) is 0 Å². The summed E-state index contributed by atoms with van der Waals surface area (Å²) < 4.78 is 30.3. The Morgan fingerprint density at radius 2 is 1.83 bits per heavy atom. The Balaban J connectivity index is 2.36. The summed E-state index contributed by atoms with van der Waals surface area (Å²) in [6, 6.07) is 6.98. The van der Waals surface area contributed by atoms with Crippen LogP contribution >= 0.6 is 15.9 Å². The Kier molecular flexibility index (Phi) is 4.85. The molecule has 1 amide bonds. The average Bonchev–Trinajstić information content (AvgIpc) is 3.06. The summed E-state index contributed by atoms with van der Waals surface area (Å²) in [7, 11) is -3.56. The number of carbonyl (C=O) groups is 2. The van der Waals surface area contributed by atoms with Crippen molar-refractivity contribution in [2.75, 3.05) is 6.26 Å². The number of amides is 1. The normalized spacial score (nSPS) is 26.5. The SMILES string of the molecule is CC(C)(C)OC(=O)N[C@@]1(C=O)[C@H](c2ccc(Br)cc2)[C@@H]1S(C)(=O)=O.